The van der Waals surface area contributed by atoms with Gasteiger partial charge in [-0.1, -0.05) is 58.4 Å². The van der Waals surface area contributed by atoms with E-state index < -0.39 is 11.6 Å². The lowest BCUT2D eigenvalue weighted by Crippen LogP contribution is -2.14. The fourth-order valence-corrected chi connectivity index (χ4v) is 3.92. The molecule has 1 fully saturated rings. The number of hydrogen-bond acceptors (Lipinski definition) is 1. The van der Waals surface area contributed by atoms with E-state index in [2.05, 4.69) is 13.8 Å². The minimum Gasteiger partial charge on any atom is -0.490 e. The van der Waals surface area contributed by atoms with Crippen molar-refractivity contribution in [2.45, 2.75) is 90.4 Å². The highest BCUT2D eigenvalue weighted by atomic mass is 19.2. The third kappa shape index (κ3) is 5.97. The molecule has 1 nitrogen and oxygen atoms in total. The number of ether oxygens (including phenoxy) is 1. The lowest BCUT2D eigenvalue weighted by molar-refractivity contribution is 0.281. The lowest BCUT2D eigenvalue weighted by Gasteiger charge is -2.28. The predicted molar refractivity (Wildman–Crippen MR) is 100 cm³/mol. The van der Waals surface area contributed by atoms with Crippen LogP contribution in [0.5, 0.6) is 5.75 Å². The zero-order valence-electron chi connectivity index (χ0n) is 16.0. The van der Waals surface area contributed by atoms with Gasteiger partial charge in [0, 0.05) is 0 Å². The van der Waals surface area contributed by atoms with Crippen molar-refractivity contribution in [1.29, 1.82) is 0 Å². The summed E-state index contributed by atoms with van der Waals surface area (Å²) in [6, 6.07) is 3.36. The molecule has 0 unspecified atom stereocenters. The van der Waals surface area contributed by atoms with Gasteiger partial charge in [0.25, 0.3) is 0 Å². The highest BCUT2D eigenvalue weighted by Crippen LogP contribution is 2.39. The molecule has 0 heterocycles. The highest BCUT2D eigenvalue weighted by Gasteiger charge is 2.25. The van der Waals surface area contributed by atoms with Crippen LogP contribution >= 0.6 is 0 Å². The van der Waals surface area contributed by atoms with Crippen molar-refractivity contribution >= 4 is 0 Å². The zero-order chi connectivity index (χ0) is 18.1. The van der Waals surface area contributed by atoms with E-state index in [1.165, 1.54) is 32.1 Å². The van der Waals surface area contributed by atoms with Crippen LogP contribution in [0.3, 0.4) is 0 Å². The van der Waals surface area contributed by atoms with Gasteiger partial charge in [-0.05, 0) is 55.6 Å². The second-order valence-corrected chi connectivity index (χ2v) is 7.52. The summed E-state index contributed by atoms with van der Waals surface area (Å²) in [5.41, 5.74) is 0.541. The summed E-state index contributed by atoms with van der Waals surface area (Å²) in [5, 5.41) is 0. The Bertz CT molecular complexity index is 507. The molecule has 0 radical (unpaired) electrons. The molecule has 2 rings (SSSR count). The molecule has 0 atom stereocenters. The van der Waals surface area contributed by atoms with Gasteiger partial charge in [-0.15, -0.1) is 0 Å². The van der Waals surface area contributed by atoms with Gasteiger partial charge in [0.1, 0.15) is 0 Å². The molecule has 142 valence electrons. The van der Waals surface area contributed by atoms with Crippen molar-refractivity contribution in [2.24, 2.45) is 5.92 Å². The molecule has 0 saturated heterocycles. The van der Waals surface area contributed by atoms with Crippen molar-refractivity contribution < 1.29 is 13.5 Å². The summed E-state index contributed by atoms with van der Waals surface area (Å²) >= 11 is 0. The fourth-order valence-electron chi connectivity index (χ4n) is 3.92. The van der Waals surface area contributed by atoms with Gasteiger partial charge >= 0.3 is 0 Å². The maximum absolute atomic E-state index is 14.5. The van der Waals surface area contributed by atoms with E-state index in [0.717, 1.165) is 44.4 Å². The average Bonchev–Trinajstić information content (AvgIpc) is 2.64. The molecule has 0 spiro atoms. The molecule has 1 aromatic rings. The van der Waals surface area contributed by atoms with E-state index in [4.69, 9.17) is 4.74 Å². The van der Waals surface area contributed by atoms with Gasteiger partial charge in [0.05, 0.1) is 6.61 Å². The van der Waals surface area contributed by atoms with E-state index in [1.54, 1.807) is 12.1 Å². The van der Waals surface area contributed by atoms with Crippen LogP contribution < -0.4 is 4.74 Å². The van der Waals surface area contributed by atoms with Crippen LogP contribution in [0.15, 0.2) is 12.1 Å². The quantitative estimate of drug-likeness (QED) is 0.399. The summed E-state index contributed by atoms with van der Waals surface area (Å²) < 4.78 is 34.3. The first-order chi connectivity index (χ1) is 12.2. The topological polar surface area (TPSA) is 9.23 Å². The van der Waals surface area contributed by atoms with Crippen molar-refractivity contribution in [2.75, 3.05) is 6.61 Å². The number of benzene rings is 1. The third-order valence-corrected chi connectivity index (χ3v) is 5.70. The summed E-state index contributed by atoms with van der Waals surface area (Å²) in [7, 11) is 0. The minimum atomic E-state index is -0.805. The van der Waals surface area contributed by atoms with Gasteiger partial charge in [-0.2, -0.15) is 4.39 Å². The summed E-state index contributed by atoms with van der Waals surface area (Å²) in [6.07, 6.45) is 12.3. The number of unbranched alkanes of at least 4 members (excludes halogenated alkanes) is 5. The zero-order valence-corrected chi connectivity index (χ0v) is 16.0. The third-order valence-electron chi connectivity index (χ3n) is 5.70. The molecule has 0 bridgehead atoms. The fraction of sp³-hybridized carbons (Fsp3) is 0.727. The van der Waals surface area contributed by atoms with Crippen LogP contribution in [-0.2, 0) is 0 Å². The Hall–Kier alpha value is -1.12. The van der Waals surface area contributed by atoms with Crippen molar-refractivity contribution in [3.63, 3.8) is 0 Å². The van der Waals surface area contributed by atoms with Gasteiger partial charge in [0.15, 0.2) is 11.6 Å². The lowest BCUT2D eigenvalue weighted by atomic mass is 9.77. The van der Waals surface area contributed by atoms with Gasteiger partial charge in [0.2, 0.25) is 5.82 Å². The van der Waals surface area contributed by atoms with Gasteiger partial charge in [-0.25, -0.2) is 4.39 Å². The molecule has 1 aliphatic carbocycles. The van der Waals surface area contributed by atoms with Crippen molar-refractivity contribution in [3.8, 4) is 5.75 Å². The molecule has 25 heavy (non-hydrogen) atoms. The van der Waals surface area contributed by atoms with Crippen LogP contribution in [0.2, 0.25) is 0 Å². The monoisotopic (exact) mass is 352 g/mol. The van der Waals surface area contributed by atoms with Crippen LogP contribution in [0.1, 0.15) is 96.0 Å². The smallest absolute Gasteiger partial charge is 0.200 e. The highest BCUT2D eigenvalue weighted by molar-refractivity contribution is 5.33. The van der Waals surface area contributed by atoms with E-state index in [0.29, 0.717) is 12.2 Å². The van der Waals surface area contributed by atoms with Crippen LogP contribution in [0.25, 0.3) is 0 Å². The molecule has 1 aliphatic rings. The Labute approximate surface area is 152 Å². The maximum Gasteiger partial charge on any atom is 0.200 e. The van der Waals surface area contributed by atoms with Crippen LogP contribution in [0.4, 0.5) is 8.78 Å². The average molecular weight is 353 g/mol. The number of hydrogen-bond donors (Lipinski definition) is 0. The Morgan fingerprint density at radius 3 is 2.24 bits per heavy atom. The molecule has 0 aromatic heterocycles. The Morgan fingerprint density at radius 2 is 1.56 bits per heavy atom. The minimum absolute atomic E-state index is 0.0667. The Morgan fingerprint density at radius 1 is 0.880 bits per heavy atom. The Kier molecular flexibility index (Phi) is 8.71. The van der Waals surface area contributed by atoms with E-state index in [1.807, 2.05) is 0 Å². The second-order valence-electron chi connectivity index (χ2n) is 7.52. The molecular formula is C22H34F2O. The van der Waals surface area contributed by atoms with Crippen LogP contribution in [-0.4, -0.2) is 6.61 Å². The molecule has 0 amide bonds. The summed E-state index contributed by atoms with van der Waals surface area (Å²) in [4.78, 5) is 0. The first-order valence-electron chi connectivity index (χ1n) is 10.3. The molecular weight excluding hydrogens is 318 g/mol. The van der Waals surface area contributed by atoms with E-state index in [9.17, 15) is 8.78 Å². The molecule has 0 N–H and O–H groups in total. The maximum atomic E-state index is 14.5. The second kappa shape index (κ2) is 10.8. The molecule has 1 saturated carbocycles. The normalized spacial score (nSPS) is 20.6. The van der Waals surface area contributed by atoms with Gasteiger partial charge < -0.3 is 4.74 Å². The Balaban J connectivity index is 1.83. The predicted octanol–water partition coefficient (Wildman–Crippen LogP) is 7.39. The van der Waals surface area contributed by atoms with Gasteiger partial charge in [-0.3, -0.25) is 0 Å². The molecule has 1 aromatic carbocycles. The summed E-state index contributed by atoms with van der Waals surface area (Å²) in [6.45, 7) is 4.87. The van der Waals surface area contributed by atoms with Crippen molar-refractivity contribution in [1.82, 2.24) is 0 Å². The SMILES string of the molecule is CCCCCCCCOc1ccc([C@H]2CC[C@H](CC)CC2)c(F)c1F. The van der Waals surface area contributed by atoms with E-state index in [-0.39, 0.29) is 11.7 Å². The van der Waals surface area contributed by atoms with Crippen molar-refractivity contribution in [3.05, 3.63) is 29.3 Å². The first kappa shape index (κ1) is 20.2. The standard InChI is InChI=1S/C22H34F2O/c1-3-5-6-7-8-9-16-25-20-15-14-19(21(23)22(20)24)18-12-10-17(4-2)11-13-18/h14-15,17-18H,3-13,16H2,1-2H3/t17-,18-. The van der Waals surface area contributed by atoms with Crippen LogP contribution in [0, 0.1) is 17.6 Å². The summed E-state index contributed by atoms with van der Waals surface area (Å²) in [5.74, 6) is -0.521. The molecule has 0 aliphatic heterocycles. The number of halogens is 2. The molecule has 3 heteroatoms. The largest absolute Gasteiger partial charge is 0.490 e. The number of rotatable bonds is 10. The first-order valence-corrected chi connectivity index (χ1v) is 10.3. The van der Waals surface area contributed by atoms with E-state index >= 15 is 0 Å².